The van der Waals surface area contributed by atoms with Crippen LogP contribution in [0, 0.1) is 12.3 Å². The Kier molecular flexibility index (Phi) is 5.34. The van der Waals surface area contributed by atoms with E-state index >= 15 is 0 Å². The van der Waals surface area contributed by atoms with E-state index in [4.69, 9.17) is 6.42 Å². The lowest BCUT2D eigenvalue weighted by molar-refractivity contribution is -0.114. The maximum absolute atomic E-state index is 11.9. The Morgan fingerprint density at radius 1 is 1.28 bits per heavy atom. The first kappa shape index (κ1) is 13.7. The topological polar surface area (TPSA) is 34.1 Å². The summed E-state index contributed by atoms with van der Waals surface area (Å²) < 4.78 is 0. The molecular weight excluding hydrogens is 224 g/mol. The van der Waals surface area contributed by atoms with E-state index in [2.05, 4.69) is 5.92 Å². The van der Waals surface area contributed by atoms with Gasteiger partial charge in [0.1, 0.15) is 0 Å². The summed E-state index contributed by atoms with van der Waals surface area (Å²) in [7, 11) is 0. The SMILES string of the molecule is C#C/C=C(\C=C/C)C(=O)CC(=O)c1ccccc1. The lowest BCUT2D eigenvalue weighted by Crippen LogP contribution is -2.09. The molecule has 0 saturated heterocycles. The molecule has 0 spiro atoms. The molecule has 0 amide bonds. The molecule has 0 aliphatic rings. The third-order valence-corrected chi connectivity index (χ3v) is 2.32. The van der Waals surface area contributed by atoms with Crippen molar-refractivity contribution in [2.24, 2.45) is 0 Å². The average molecular weight is 238 g/mol. The molecule has 0 saturated carbocycles. The van der Waals surface area contributed by atoms with Crippen molar-refractivity contribution in [2.75, 3.05) is 0 Å². The fourth-order valence-electron chi connectivity index (χ4n) is 1.46. The van der Waals surface area contributed by atoms with E-state index in [1.54, 1.807) is 43.3 Å². The number of benzene rings is 1. The number of Topliss-reactive ketones (excluding diaryl/α,β-unsaturated/α-hetero) is 2. The highest BCUT2D eigenvalue weighted by molar-refractivity contribution is 6.14. The van der Waals surface area contributed by atoms with Crippen LogP contribution in [0.2, 0.25) is 0 Å². The van der Waals surface area contributed by atoms with Gasteiger partial charge in [0.05, 0.1) is 6.42 Å². The lowest BCUT2D eigenvalue weighted by Gasteiger charge is -2.01. The van der Waals surface area contributed by atoms with Gasteiger partial charge in [-0.1, -0.05) is 48.4 Å². The summed E-state index contributed by atoms with van der Waals surface area (Å²) in [6.07, 6.45) is 9.68. The van der Waals surface area contributed by atoms with Gasteiger partial charge < -0.3 is 0 Å². The van der Waals surface area contributed by atoms with Gasteiger partial charge in [0.15, 0.2) is 11.6 Å². The van der Waals surface area contributed by atoms with Gasteiger partial charge in [-0.15, -0.1) is 6.42 Å². The van der Waals surface area contributed by atoms with E-state index in [0.29, 0.717) is 11.1 Å². The zero-order valence-corrected chi connectivity index (χ0v) is 10.2. The van der Waals surface area contributed by atoms with Crippen molar-refractivity contribution in [3.05, 3.63) is 59.7 Å². The third kappa shape index (κ3) is 3.88. The van der Waals surface area contributed by atoms with E-state index < -0.39 is 0 Å². The summed E-state index contributed by atoms with van der Waals surface area (Å²) in [5.41, 5.74) is 0.913. The average Bonchev–Trinajstić information content (AvgIpc) is 2.39. The monoisotopic (exact) mass is 238 g/mol. The van der Waals surface area contributed by atoms with Gasteiger partial charge in [-0.25, -0.2) is 0 Å². The van der Waals surface area contributed by atoms with Crippen molar-refractivity contribution in [2.45, 2.75) is 13.3 Å². The minimum absolute atomic E-state index is 0.165. The molecule has 0 aromatic heterocycles. The van der Waals surface area contributed by atoms with Crippen LogP contribution in [0.5, 0.6) is 0 Å². The molecule has 1 aromatic rings. The maximum Gasteiger partial charge on any atom is 0.171 e. The molecular formula is C16H14O2. The quantitative estimate of drug-likeness (QED) is 0.260. The molecule has 2 nitrogen and oxygen atoms in total. The van der Waals surface area contributed by atoms with Gasteiger partial charge in [0.25, 0.3) is 0 Å². The Bertz CT molecular complexity index is 528. The van der Waals surface area contributed by atoms with E-state index in [-0.39, 0.29) is 18.0 Å². The van der Waals surface area contributed by atoms with Crippen molar-refractivity contribution >= 4 is 11.6 Å². The van der Waals surface area contributed by atoms with Crippen LogP contribution in [0.4, 0.5) is 0 Å². The predicted octanol–water partition coefficient (Wildman–Crippen LogP) is 2.96. The second-order valence-corrected chi connectivity index (χ2v) is 3.66. The number of rotatable bonds is 5. The molecule has 0 aliphatic carbocycles. The smallest absolute Gasteiger partial charge is 0.171 e. The fourth-order valence-corrected chi connectivity index (χ4v) is 1.46. The Morgan fingerprint density at radius 3 is 2.50 bits per heavy atom. The highest BCUT2D eigenvalue weighted by Crippen LogP contribution is 2.08. The number of carbonyl (C=O) groups excluding carboxylic acids is 2. The van der Waals surface area contributed by atoms with Crippen molar-refractivity contribution < 1.29 is 9.59 Å². The molecule has 0 N–H and O–H groups in total. The number of ketones is 2. The molecule has 0 atom stereocenters. The van der Waals surface area contributed by atoms with Crippen LogP contribution in [0.25, 0.3) is 0 Å². The number of hydrogen-bond acceptors (Lipinski definition) is 2. The summed E-state index contributed by atoms with van der Waals surface area (Å²) in [5, 5.41) is 0. The van der Waals surface area contributed by atoms with Crippen molar-refractivity contribution in [1.82, 2.24) is 0 Å². The van der Waals surface area contributed by atoms with Gasteiger partial charge in [0, 0.05) is 11.1 Å². The Hall–Kier alpha value is -2.40. The van der Waals surface area contributed by atoms with Crippen LogP contribution in [0.3, 0.4) is 0 Å². The molecule has 0 bridgehead atoms. The minimum atomic E-state index is -0.264. The highest BCUT2D eigenvalue weighted by atomic mass is 16.1. The first-order chi connectivity index (χ1) is 8.69. The Morgan fingerprint density at radius 2 is 1.94 bits per heavy atom. The molecule has 0 radical (unpaired) electrons. The van der Waals surface area contributed by atoms with Crippen LogP contribution in [0.1, 0.15) is 23.7 Å². The number of carbonyl (C=O) groups is 2. The molecule has 0 heterocycles. The van der Waals surface area contributed by atoms with Crippen LogP contribution >= 0.6 is 0 Å². The molecule has 2 heteroatoms. The molecule has 1 rings (SSSR count). The molecule has 0 fully saturated rings. The largest absolute Gasteiger partial charge is 0.294 e. The molecule has 1 aromatic carbocycles. The fraction of sp³-hybridized carbons (Fsp3) is 0.125. The van der Waals surface area contributed by atoms with Gasteiger partial charge >= 0.3 is 0 Å². The zero-order chi connectivity index (χ0) is 13.4. The lowest BCUT2D eigenvalue weighted by atomic mass is 10.0. The second kappa shape index (κ2) is 7.03. The first-order valence-electron chi connectivity index (χ1n) is 5.59. The van der Waals surface area contributed by atoms with Gasteiger partial charge in [0.2, 0.25) is 0 Å². The predicted molar refractivity (Wildman–Crippen MR) is 72.1 cm³/mol. The van der Waals surface area contributed by atoms with Gasteiger partial charge in [-0.05, 0) is 13.0 Å². The standard InChI is InChI=1S/C16H14O2/c1-3-8-13(9-4-2)15(17)12-16(18)14-10-6-5-7-11-14/h1,4-11H,12H2,2H3/b9-4-,13-8+. The second-order valence-electron chi connectivity index (χ2n) is 3.66. The third-order valence-electron chi connectivity index (χ3n) is 2.32. The first-order valence-corrected chi connectivity index (χ1v) is 5.59. The van der Waals surface area contributed by atoms with E-state index in [0.717, 1.165) is 0 Å². The van der Waals surface area contributed by atoms with Crippen LogP contribution in [-0.4, -0.2) is 11.6 Å². The number of hydrogen-bond donors (Lipinski definition) is 0. The van der Waals surface area contributed by atoms with Crippen molar-refractivity contribution in [3.8, 4) is 12.3 Å². The zero-order valence-electron chi connectivity index (χ0n) is 10.2. The summed E-state index contributed by atoms with van der Waals surface area (Å²) in [5.74, 6) is 1.84. The van der Waals surface area contributed by atoms with Crippen LogP contribution in [0.15, 0.2) is 54.1 Å². The van der Waals surface area contributed by atoms with E-state index in [1.807, 2.05) is 6.07 Å². The molecule has 18 heavy (non-hydrogen) atoms. The minimum Gasteiger partial charge on any atom is -0.294 e. The summed E-state index contributed by atoms with van der Waals surface area (Å²) >= 11 is 0. The normalized spacial score (nSPS) is 11.2. The van der Waals surface area contributed by atoms with Crippen molar-refractivity contribution in [1.29, 1.82) is 0 Å². The highest BCUT2D eigenvalue weighted by Gasteiger charge is 2.13. The van der Waals surface area contributed by atoms with E-state index in [9.17, 15) is 9.59 Å². The van der Waals surface area contributed by atoms with Crippen molar-refractivity contribution in [3.63, 3.8) is 0 Å². The molecule has 0 aliphatic heterocycles. The maximum atomic E-state index is 11.9. The Balaban J connectivity index is 2.80. The summed E-state index contributed by atoms with van der Waals surface area (Å²) in [6, 6.07) is 8.73. The molecule has 90 valence electrons. The summed E-state index contributed by atoms with van der Waals surface area (Å²) in [4.78, 5) is 23.7. The van der Waals surface area contributed by atoms with Crippen LogP contribution in [-0.2, 0) is 4.79 Å². The Labute approximate surface area is 107 Å². The van der Waals surface area contributed by atoms with Gasteiger partial charge in [-0.3, -0.25) is 9.59 Å². The number of allylic oxidation sites excluding steroid dienone is 4. The summed E-state index contributed by atoms with van der Waals surface area (Å²) in [6.45, 7) is 1.79. The van der Waals surface area contributed by atoms with Crippen LogP contribution < -0.4 is 0 Å². The van der Waals surface area contributed by atoms with E-state index in [1.165, 1.54) is 6.08 Å². The number of terminal acetylenes is 1. The molecule has 0 unspecified atom stereocenters. The van der Waals surface area contributed by atoms with Gasteiger partial charge in [-0.2, -0.15) is 0 Å².